The zero-order chi connectivity index (χ0) is 14.0. The normalized spacial score (nSPS) is 14.4. The maximum absolute atomic E-state index is 12.2. The van der Waals surface area contributed by atoms with Gasteiger partial charge in [0, 0.05) is 0 Å². The third kappa shape index (κ3) is 3.05. The van der Waals surface area contributed by atoms with E-state index in [9.17, 15) is 4.79 Å². The molecule has 0 aliphatic carbocycles. The van der Waals surface area contributed by atoms with Crippen LogP contribution < -0.4 is 9.64 Å². The standard InChI is InChI=1S/C14H18N2O3/c1-5-10-6-7-11-12(15-10)16(8-9-18-11)13(17)19-14(2,3)4/h5-7H,1,8-9H2,2-4H3. The van der Waals surface area contributed by atoms with Crippen LogP contribution >= 0.6 is 0 Å². The number of aromatic nitrogens is 1. The first kappa shape index (κ1) is 13.4. The summed E-state index contributed by atoms with van der Waals surface area (Å²) >= 11 is 0. The van der Waals surface area contributed by atoms with E-state index in [0.29, 0.717) is 30.4 Å². The molecule has 0 spiro atoms. The third-order valence-corrected chi connectivity index (χ3v) is 2.51. The molecule has 0 atom stereocenters. The number of ether oxygens (including phenoxy) is 2. The Morgan fingerprint density at radius 1 is 1.53 bits per heavy atom. The van der Waals surface area contributed by atoms with E-state index in [2.05, 4.69) is 11.6 Å². The Morgan fingerprint density at radius 2 is 2.26 bits per heavy atom. The molecule has 0 radical (unpaired) electrons. The van der Waals surface area contributed by atoms with Gasteiger partial charge >= 0.3 is 6.09 Å². The van der Waals surface area contributed by atoms with Crippen molar-refractivity contribution in [2.45, 2.75) is 26.4 Å². The first-order valence-corrected chi connectivity index (χ1v) is 6.17. The Bertz CT molecular complexity index is 506. The molecule has 0 bridgehead atoms. The summed E-state index contributed by atoms with van der Waals surface area (Å²) in [7, 11) is 0. The molecule has 1 aliphatic rings. The van der Waals surface area contributed by atoms with Gasteiger partial charge in [0.25, 0.3) is 0 Å². The lowest BCUT2D eigenvalue weighted by molar-refractivity contribution is 0.0566. The molecule has 1 amide bonds. The van der Waals surface area contributed by atoms with E-state index in [1.165, 1.54) is 4.90 Å². The van der Waals surface area contributed by atoms with Gasteiger partial charge in [0.15, 0.2) is 11.6 Å². The van der Waals surface area contributed by atoms with Gasteiger partial charge in [-0.15, -0.1) is 0 Å². The maximum atomic E-state index is 12.2. The quantitative estimate of drug-likeness (QED) is 0.781. The van der Waals surface area contributed by atoms with Crippen molar-refractivity contribution >= 4 is 18.0 Å². The Morgan fingerprint density at radius 3 is 2.89 bits per heavy atom. The number of carbonyl (C=O) groups is 1. The van der Waals surface area contributed by atoms with Crippen molar-refractivity contribution in [1.29, 1.82) is 0 Å². The van der Waals surface area contributed by atoms with Crippen molar-refractivity contribution in [3.05, 3.63) is 24.4 Å². The highest BCUT2D eigenvalue weighted by atomic mass is 16.6. The lowest BCUT2D eigenvalue weighted by atomic mass is 10.2. The molecule has 0 unspecified atom stereocenters. The summed E-state index contributed by atoms with van der Waals surface area (Å²) in [6, 6.07) is 3.58. The van der Waals surface area contributed by atoms with Crippen LogP contribution in [0.4, 0.5) is 10.6 Å². The van der Waals surface area contributed by atoms with Crippen molar-refractivity contribution in [3.8, 4) is 5.75 Å². The SMILES string of the molecule is C=Cc1ccc2c(n1)N(C(=O)OC(C)(C)C)CCO2. The van der Waals surface area contributed by atoms with Crippen LogP contribution in [0, 0.1) is 0 Å². The van der Waals surface area contributed by atoms with E-state index in [4.69, 9.17) is 9.47 Å². The number of pyridine rings is 1. The van der Waals surface area contributed by atoms with E-state index >= 15 is 0 Å². The largest absolute Gasteiger partial charge is 0.488 e. The molecule has 1 aromatic rings. The molecule has 1 aromatic heterocycles. The predicted octanol–water partition coefficient (Wildman–Crippen LogP) is 2.86. The molecule has 0 aromatic carbocycles. The van der Waals surface area contributed by atoms with E-state index in [1.807, 2.05) is 20.8 Å². The number of nitrogens with zero attached hydrogens (tertiary/aromatic N) is 2. The lowest BCUT2D eigenvalue weighted by Crippen LogP contribution is -2.42. The van der Waals surface area contributed by atoms with Crippen LogP contribution in [0.5, 0.6) is 5.75 Å². The number of carbonyl (C=O) groups excluding carboxylic acids is 1. The van der Waals surface area contributed by atoms with Gasteiger partial charge in [0.1, 0.15) is 12.2 Å². The van der Waals surface area contributed by atoms with E-state index in [1.54, 1.807) is 18.2 Å². The average molecular weight is 262 g/mol. The van der Waals surface area contributed by atoms with Gasteiger partial charge in [0.05, 0.1) is 12.2 Å². The number of hydrogen-bond donors (Lipinski definition) is 0. The van der Waals surface area contributed by atoms with Gasteiger partial charge in [-0.1, -0.05) is 6.58 Å². The highest BCUT2D eigenvalue weighted by molar-refractivity contribution is 5.89. The molecular formula is C14H18N2O3. The summed E-state index contributed by atoms with van der Waals surface area (Å²) < 4.78 is 10.9. The summed E-state index contributed by atoms with van der Waals surface area (Å²) in [4.78, 5) is 18.0. The molecule has 0 N–H and O–H groups in total. The van der Waals surface area contributed by atoms with Crippen LogP contribution in [0.15, 0.2) is 18.7 Å². The Balaban J connectivity index is 2.30. The molecule has 19 heavy (non-hydrogen) atoms. The van der Waals surface area contributed by atoms with Crippen LogP contribution in [-0.2, 0) is 4.74 Å². The average Bonchev–Trinajstić information content (AvgIpc) is 2.35. The van der Waals surface area contributed by atoms with Gasteiger partial charge in [0.2, 0.25) is 0 Å². The molecule has 2 heterocycles. The topological polar surface area (TPSA) is 51.7 Å². The minimum absolute atomic E-state index is 0.411. The highest BCUT2D eigenvalue weighted by Crippen LogP contribution is 2.30. The second-order valence-corrected chi connectivity index (χ2v) is 5.24. The summed E-state index contributed by atoms with van der Waals surface area (Å²) in [6.07, 6.45) is 1.22. The predicted molar refractivity (Wildman–Crippen MR) is 73.4 cm³/mol. The fourth-order valence-corrected chi connectivity index (χ4v) is 1.72. The maximum Gasteiger partial charge on any atom is 0.416 e. The zero-order valence-corrected chi connectivity index (χ0v) is 11.5. The Hall–Kier alpha value is -2.04. The van der Waals surface area contributed by atoms with Crippen LogP contribution in [0.25, 0.3) is 6.08 Å². The Labute approximate surface area is 112 Å². The molecule has 1 aliphatic heterocycles. The van der Waals surface area contributed by atoms with Gasteiger partial charge in [-0.2, -0.15) is 0 Å². The van der Waals surface area contributed by atoms with Crippen molar-refractivity contribution in [3.63, 3.8) is 0 Å². The van der Waals surface area contributed by atoms with Crippen LogP contribution in [0.2, 0.25) is 0 Å². The van der Waals surface area contributed by atoms with E-state index < -0.39 is 11.7 Å². The molecule has 2 rings (SSSR count). The minimum Gasteiger partial charge on any atom is -0.488 e. The van der Waals surface area contributed by atoms with Gasteiger partial charge in [-0.3, -0.25) is 4.90 Å². The first-order valence-electron chi connectivity index (χ1n) is 6.17. The summed E-state index contributed by atoms with van der Waals surface area (Å²) in [5.41, 5.74) is 0.156. The number of hydrogen-bond acceptors (Lipinski definition) is 4. The van der Waals surface area contributed by atoms with Gasteiger partial charge < -0.3 is 9.47 Å². The smallest absolute Gasteiger partial charge is 0.416 e. The Kier molecular flexibility index (Phi) is 3.46. The molecule has 5 nitrogen and oxygen atoms in total. The molecule has 0 saturated heterocycles. The summed E-state index contributed by atoms with van der Waals surface area (Å²) in [5.74, 6) is 1.07. The molecule has 0 fully saturated rings. The van der Waals surface area contributed by atoms with Gasteiger partial charge in [-0.05, 0) is 39.0 Å². The van der Waals surface area contributed by atoms with E-state index in [0.717, 1.165) is 0 Å². The van der Waals surface area contributed by atoms with Crippen LogP contribution in [0.1, 0.15) is 26.5 Å². The third-order valence-electron chi connectivity index (χ3n) is 2.51. The number of rotatable bonds is 1. The van der Waals surface area contributed by atoms with Crippen molar-refractivity contribution < 1.29 is 14.3 Å². The zero-order valence-electron chi connectivity index (χ0n) is 11.5. The first-order chi connectivity index (χ1) is 8.90. The second kappa shape index (κ2) is 4.91. The lowest BCUT2D eigenvalue weighted by Gasteiger charge is -2.30. The van der Waals surface area contributed by atoms with Crippen molar-refractivity contribution in [1.82, 2.24) is 4.98 Å². The fraction of sp³-hybridized carbons (Fsp3) is 0.429. The molecule has 0 saturated carbocycles. The number of anilines is 1. The number of amides is 1. The number of fused-ring (bicyclic) bond motifs is 1. The summed E-state index contributed by atoms with van der Waals surface area (Å²) in [5, 5.41) is 0. The van der Waals surface area contributed by atoms with E-state index in [-0.39, 0.29) is 0 Å². The van der Waals surface area contributed by atoms with Crippen LogP contribution in [-0.4, -0.2) is 29.8 Å². The van der Waals surface area contributed by atoms with Crippen molar-refractivity contribution in [2.24, 2.45) is 0 Å². The van der Waals surface area contributed by atoms with Crippen molar-refractivity contribution in [2.75, 3.05) is 18.1 Å². The molecule has 102 valence electrons. The summed E-state index contributed by atoms with van der Waals surface area (Å²) in [6.45, 7) is 10.0. The monoisotopic (exact) mass is 262 g/mol. The van der Waals surface area contributed by atoms with Gasteiger partial charge in [-0.25, -0.2) is 9.78 Å². The highest BCUT2D eigenvalue weighted by Gasteiger charge is 2.29. The van der Waals surface area contributed by atoms with Crippen LogP contribution in [0.3, 0.4) is 0 Å². The molecule has 5 heteroatoms. The fourth-order valence-electron chi connectivity index (χ4n) is 1.72. The second-order valence-electron chi connectivity index (χ2n) is 5.24. The molecular weight excluding hydrogens is 244 g/mol. The minimum atomic E-state index is -0.536.